The van der Waals surface area contributed by atoms with E-state index in [1.165, 1.54) is 16.4 Å². The second-order valence-corrected chi connectivity index (χ2v) is 1.81. The van der Waals surface area contributed by atoms with Crippen molar-refractivity contribution in [1.82, 2.24) is 16.4 Å². The van der Waals surface area contributed by atoms with Crippen LogP contribution in [0.2, 0.25) is 0 Å². The Hall–Kier alpha value is -0.770. The predicted octanol–water partition coefficient (Wildman–Crippen LogP) is -1.95. The van der Waals surface area contributed by atoms with Gasteiger partial charge in [0.05, 0.1) is 6.42 Å². The van der Waals surface area contributed by atoms with Crippen LogP contribution in [-0.4, -0.2) is 32.5 Å². The van der Waals surface area contributed by atoms with Crippen molar-refractivity contribution in [3.05, 3.63) is 0 Å². The average molecular weight is 167 g/mol. The number of hydrogen-bond donors (Lipinski definition) is 7. The smallest absolute Gasteiger partial charge is 0.308 e. The SMILES string of the molecule is O=C(O)CC(NO)(NO)NO. The molecule has 0 rings (SSSR count). The molecule has 0 aromatic heterocycles. The van der Waals surface area contributed by atoms with Crippen LogP contribution in [0.25, 0.3) is 0 Å². The maximum Gasteiger partial charge on any atom is 0.308 e. The molecule has 8 heteroatoms. The molecule has 0 aliphatic rings. The van der Waals surface area contributed by atoms with Gasteiger partial charge in [-0.2, -0.15) is 16.4 Å². The molecule has 0 aromatic rings. The number of nitrogens with one attached hydrogen (secondary N) is 3. The Labute approximate surface area is 61.3 Å². The van der Waals surface area contributed by atoms with Gasteiger partial charge in [0.2, 0.25) is 0 Å². The second kappa shape index (κ2) is 4.18. The van der Waals surface area contributed by atoms with Crippen molar-refractivity contribution in [3.63, 3.8) is 0 Å². The molecule has 0 bridgehead atoms. The third-order valence-corrected chi connectivity index (χ3v) is 0.989. The van der Waals surface area contributed by atoms with Crippen LogP contribution in [0.15, 0.2) is 0 Å². The second-order valence-electron chi connectivity index (χ2n) is 1.81. The topological polar surface area (TPSA) is 134 Å². The van der Waals surface area contributed by atoms with Crippen molar-refractivity contribution < 1.29 is 25.5 Å². The fourth-order valence-electron chi connectivity index (χ4n) is 0.420. The molecule has 11 heavy (non-hydrogen) atoms. The minimum absolute atomic E-state index is 0.767. The average Bonchev–Trinajstić information content (AvgIpc) is 2.00. The van der Waals surface area contributed by atoms with Gasteiger partial charge in [-0.1, -0.05) is 0 Å². The summed E-state index contributed by atoms with van der Waals surface area (Å²) in [5.74, 6) is -3.37. The van der Waals surface area contributed by atoms with Gasteiger partial charge in [0.25, 0.3) is 0 Å². The summed E-state index contributed by atoms with van der Waals surface area (Å²) in [7, 11) is 0. The van der Waals surface area contributed by atoms with Crippen molar-refractivity contribution in [2.24, 2.45) is 0 Å². The molecule has 0 saturated heterocycles. The first-order valence-electron chi connectivity index (χ1n) is 2.56. The van der Waals surface area contributed by atoms with Crippen molar-refractivity contribution in [3.8, 4) is 0 Å². The minimum atomic E-state index is -2.04. The standard InChI is InChI=1S/C3H9N3O5/c7-2(8)1-3(4-9,5-10)6-11/h4-6,9-11H,1H2,(H,7,8). The molecule has 0 aliphatic heterocycles. The minimum Gasteiger partial charge on any atom is -0.481 e. The largest absolute Gasteiger partial charge is 0.481 e. The number of hydrogen-bond acceptors (Lipinski definition) is 7. The van der Waals surface area contributed by atoms with Gasteiger partial charge >= 0.3 is 5.97 Å². The van der Waals surface area contributed by atoms with Gasteiger partial charge in [-0.3, -0.25) is 4.79 Å². The monoisotopic (exact) mass is 167 g/mol. The Morgan fingerprint density at radius 2 is 1.55 bits per heavy atom. The zero-order valence-corrected chi connectivity index (χ0v) is 5.40. The highest BCUT2D eigenvalue weighted by Crippen LogP contribution is 1.98. The van der Waals surface area contributed by atoms with Gasteiger partial charge in [-0.25, -0.2) is 0 Å². The van der Waals surface area contributed by atoms with E-state index in [1.54, 1.807) is 0 Å². The summed E-state index contributed by atoms with van der Waals surface area (Å²) in [5.41, 5.74) is 4.03. The normalized spacial score (nSPS) is 11.5. The van der Waals surface area contributed by atoms with E-state index in [0.717, 1.165) is 0 Å². The van der Waals surface area contributed by atoms with Gasteiger partial charge in [-0.15, -0.1) is 0 Å². The van der Waals surface area contributed by atoms with Crippen LogP contribution in [0.1, 0.15) is 6.42 Å². The first-order valence-corrected chi connectivity index (χ1v) is 2.56. The highest BCUT2D eigenvalue weighted by molar-refractivity contribution is 5.68. The van der Waals surface area contributed by atoms with Gasteiger partial charge < -0.3 is 20.7 Å². The quantitative estimate of drug-likeness (QED) is 0.185. The van der Waals surface area contributed by atoms with E-state index in [-0.39, 0.29) is 0 Å². The molecule has 0 aromatic carbocycles. The molecule has 0 aliphatic carbocycles. The molecule has 0 saturated carbocycles. The lowest BCUT2D eigenvalue weighted by molar-refractivity contribution is -0.158. The fraction of sp³-hybridized carbons (Fsp3) is 0.667. The van der Waals surface area contributed by atoms with Gasteiger partial charge in [0.15, 0.2) is 5.79 Å². The van der Waals surface area contributed by atoms with Crippen LogP contribution < -0.4 is 16.4 Å². The first kappa shape index (κ1) is 10.2. The van der Waals surface area contributed by atoms with E-state index in [9.17, 15) is 4.79 Å². The van der Waals surface area contributed by atoms with E-state index in [4.69, 9.17) is 20.7 Å². The molecule has 0 fully saturated rings. The Morgan fingerprint density at radius 3 is 1.64 bits per heavy atom. The fourth-order valence-corrected chi connectivity index (χ4v) is 0.420. The summed E-state index contributed by atoms with van der Waals surface area (Å²) < 4.78 is 0. The predicted molar refractivity (Wildman–Crippen MR) is 29.8 cm³/mol. The Kier molecular flexibility index (Phi) is 3.89. The maximum atomic E-state index is 10.0. The molecule has 0 spiro atoms. The van der Waals surface area contributed by atoms with E-state index in [2.05, 4.69) is 0 Å². The third-order valence-electron chi connectivity index (χ3n) is 0.989. The van der Waals surface area contributed by atoms with Crippen LogP contribution in [0, 0.1) is 0 Å². The lowest BCUT2D eigenvalue weighted by Gasteiger charge is -2.26. The molecule has 0 unspecified atom stereocenters. The van der Waals surface area contributed by atoms with Crippen LogP contribution in [0.4, 0.5) is 0 Å². The van der Waals surface area contributed by atoms with Crippen molar-refractivity contribution >= 4 is 5.97 Å². The summed E-state index contributed by atoms with van der Waals surface area (Å²) in [6.45, 7) is 0. The van der Waals surface area contributed by atoms with Gasteiger partial charge in [0.1, 0.15) is 0 Å². The van der Waals surface area contributed by atoms with Crippen LogP contribution in [-0.2, 0) is 4.79 Å². The molecular weight excluding hydrogens is 158 g/mol. The summed E-state index contributed by atoms with van der Waals surface area (Å²) in [4.78, 5) is 10.0. The van der Waals surface area contributed by atoms with Crippen LogP contribution in [0.3, 0.4) is 0 Å². The highest BCUT2D eigenvalue weighted by atomic mass is 16.5. The van der Waals surface area contributed by atoms with E-state index >= 15 is 0 Å². The summed E-state index contributed by atoms with van der Waals surface area (Å²) in [5, 5.41) is 33.0. The molecule has 0 radical (unpaired) electrons. The molecule has 66 valence electrons. The summed E-state index contributed by atoms with van der Waals surface area (Å²) in [6.07, 6.45) is -0.767. The van der Waals surface area contributed by atoms with E-state index in [0.29, 0.717) is 0 Å². The zero-order chi connectivity index (χ0) is 8.91. The highest BCUT2D eigenvalue weighted by Gasteiger charge is 2.31. The molecule has 0 atom stereocenters. The number of carboxylic acids is 1. The lowest BCUT2D eigenvalue weighted by Crippen LogP contribution is -2.64. The molecule has 8 nitrogen and oxygen atoms in total. The number of carbonyl (C=O) groups is 1. The summed E-state index contributed by atoms with van der Waals surface area (Å²) in [6, 6.07) is 0. The van der Waals surface area contributed by atoms with Crippen molar-refractivity contribution in [2.45, 2.75) is 12.2 Å². The molecule has 0 amide bonds. The van der Waals surface area contributed by atoms with Crippen molar-refractivity contribution in [2.75, 3.05) is 0 Å². The maximum absolute atomic E-state index is 10.0. The molecule has 0 heterocycles. The number of rotatable bonds is 5. The Bertz CT molecular complexity index is 127. The van der Waals surface area contributed by atoms with Crippen LogP contribution in [0.5, 0.6) is 0 Å². The number of carboxylic acid groups (broad SMARTS) is 1. The summed E-state index contributed by atoms with van der Waals surface area (Å²) >= 11 is 0. The molecule has 7 N–H and O–H groups in total. The van der Waals surface area contributed by atoms with Crippen LogP contribution >= 0.6 is 0 Å². The van der Waals surface area contributed by atoms with E-state index in [1.807, 2.05) is 0 Å². The first-order chi connectivity index (χ1) is 5.10. The number of aliphatic carboxylic acids is 1. The number of hydroxylamine groups is 3. The van der Waals surface area contributed by atoms with Gasteiger partial charge in [-0.05, 0) is 0 Å². The zero-order valence-electron chi connectivity index (χ0n) is 5.40. The van der Waals surface area contributed by atoms with Gasteiger partial charge in [0, 0.05) is 0 Å². The lowest BCUT2D eigenvalue weighted by atomic mass is 10.3. The van der Waals surface area contributed by atoms with E-state index < -0.39 is 18.2 Å². The third kappa shape index (κ3) is 2.76. The molecular formula is C3H9N3O5. The Morgan fingerprint density at radius 1 is 1.18 bits per heavy atom. The van der Waals surface area contributed by atoms with Crippen molar-refractivity contribution in [1.29, 1.82) is 0 Å². The Balaban J connectivity index is 4.16.